The monoisotopic (exact) mass is 629 g/mol. The first-order chi connectivity index (χ1) is 21.5. The van der Waals surface area contributed by atoms with Gasteiger partial charge in [0, 0.05) is 19.0 Å². The number of para-hydroxylation sites is 1. The Morgan fingerprint density at radius 1 is 0.800 bits per heavy atom. The SMILES string of the molecule is CCC(C)NC(=O)C(Cc1ccccc1)N(Cc1ccc(C)cc1)C(=O)CN(c1ccccc1F)S(=O)(=O)c1ccc(C)cc1. The molecular weight excluding hydrogens is 589 g/mol. The lowest BCUT2D eigenvalue weighted by Gasteiger charge is -2.34. The standard InChI is InChI=1S/C36H40FN3O4S/c1-5-28(4)38-36(42)34(23-29-11-7-6-8-12-29)39(24-30-19-15-26(2)16-20-30)35(41)25-40(33-14-10-9-13-32(33)37)45(43,44)31-21-17-27(3)18-22-31/h6-22,28,34H,5,23-25H2,1-4H3,(H,38,42). The zero-order valence-electron chi connectivity index (χ0n) is 26.1. The molecular formula is C36H40FN3O4S. The van der Waals surface area contributed by atoms with Crippen LogP contribution in [0.15, 0.2) is 108 Å². The number of carbonyl (C=O) groups excluding carboxylic acids is 2. The highest BCUT2D eigenvalue weighted by molar-refractivity contribution is 7.92. The highest BCUT2D eigenvalue weighted by Gasteiger charge is 2.35. The van der Waals surface area contributed by atoms with Gasteiger partial charge in [-0.3, -0.25) is 13.9 Å². The minimum Gasteiger partial charge on any atom is -0.352 e. The molecule has 2 unspecified atom stereocenters. The van der Waals surface area contributed by atoms with E-state index in [9.17, 15) is 18.0 Å². The Labute approximate surface area is 265 Å². The van der Waals surface area contributed by atoms with Gasteiger partial charge in [0.05, 0.1) is 10.6 Å². The molecule has 0 heterocycles. The third-order valence-electron chi connectivity index (χ3n) is 7.75. The Hall–Kier alpha value is -4.50. The maximum Gasteiger partial charge on any atom is 0.264 e. The van der Waals surface area contributed by atoms with Crippen molar-refractivity contribution in [2.75, 3.05) is 10.8 Å². The van der Waals surface area contributed by atoms with Crippen LogP contribution in [0.1, 0.15) is 42.5 Å². The lowest BCUT2D eigenvalue weighted by atomic mass is 10.0. The van der Waals surface area contributed by atoms with Crippen LogP contribution in [0.25, 0.3) is 0 Å². The average molecular weight is 630 g/mol. The number of nitrogens with one attached hydrogen (secondary N) is 1. The summed E-state index contributed by atoms with van der Waals surface area (Å²) in [7, 11) is -4.38. The van der Waals surface area contributed by atoms with E-state index in [0.29, 0.717) is 6.42 Å². The molecule has 0 aromatic heterocycles. The number of aryl methyl sites for hydroxylation is 2. The number of carbonyl (C=O) groups is 2. The van der Waals surface area contributed by atoms with Crippen molar-refractivity contribution in [2.45, 2.75) is 64.1 Å². The van der Waals surface area contributed by atoms with Gasteiger partial charge in [0.25, 0.3) is 10.0 Å². The summed E-state index contributed by atoms with van der Waals surface area (Å²) < 4.78 is 44.1. The van der Waals surface area contributed by atoms with E-state index in [-0.39, 0.29) is 35.5 Å². The molecule has 9 heteroatoms. The molecule has 4 aromatic rings. The van der Waals surface area contributed by atoms with Crippen LogP contribution in [0.5, 0.6) is 0 Å². The lowest BCUT2D eigenvalue weighted by molar-refractivity contribution is -0.140. The summed E-state index contributed by atoms with van der Waals surface area (Å²) >= 11 is 0. The minimum atomic E-state index is -4.38. The van der Waals surface area contributed by atoms with Crippen molar-refractivity contribution in [3.8, 4) is 0 Å². The number of hydrogen-bond donors (Lipinski definition) is 1. The van der Waals surface area contributed by atoms with Crippen molar-refractivity contribution < 1.29 is 22.4 Å². The van der Waals surface area contributed by atoms with Gasteiger partial charge in [0.1, 0.15) is 18.4 Å². The molecule has 7 nitrogen and oxygen atoms in total. The molecule has 4 aromatic carbocycles. The van der Waals surface area contributed by atoms with Crippen molar-refractivity contribution in [2.24, 2.45) is 0 Å². The first kappa shape index (κ1) is 33.4. The normalized spacial score (nSPS) is 12.6. The first-order valence-electron chi connectivity index (χ1n) is 15.0. The maximum absolute atomic E-state index is 15.2. The summed E-state index contributed by atoms with van der Waals surface area (Å²) in [6, 6.07) is 27.4. The summed E-state index contributed by atoms with van der Waals surface area (Å²) in [6.45, 7) is 6.94. The quantitative estimate of drug-likeness (QED) is 0.191. The van der Waals surface area contributed by atoms with Crippen molar-refractivity contribution in [3.63, 3.8) is 0 Å². The van der Waals surface area contributed by atoms with E-state index in [0.717, 1.165) is 32.6 Å². The molecule has 0 aliphatic heterocycles. The molecule has 0 fully saturated rings. The second-order valence-corrected chi connectivity index (χ2v) is 13.2. The van der Waals surface area contributed by atoms with Gasteiger partial charge >= 0.3 is 0 Å². The summed E-state index contributed by atoms with van der Waals surface area (Å²) in [5.74, 6) is -1.79. The molecule has 0 bridgehead atoms. The fourth-order valence-electron chi connectivity index (χ4n) is 4.89. The van der Waals surface area contributed by atoms with Crippen LogP contribution >= 0.6 is 0 Å². The molecule has 0 aliphatic rings. The number of halogens is 1. The summed E-state index contributed by atoms with van der Waals surface area (Å²) in [6.07, 6.45) is 0.886. The number of hydrogen-bond acceptors (Lipinski definition) is 4. The predicted octanol–water partition coefficient (Wildman–Crippen LogP) is 6.19. The first-order valence-corrected chi connectivity index (χ1v) is 16.5. The van der Waals surface area contributed by atoms with Gasteiger partial charge < -0.3 is 10.2 Å². The minimum absolute atomic E-state index is 0.0419. The Kier molecular flexibility index (Phi) is 11.1. The molecule has 45 heavy (non-hydrogen) atoms. The second kappa shape index (κ2) is 15.0. The average Bonchev–Trinajstić information content (AvgIpc) is 3.03. The van der Waals surface area contributed by atoms with E-state index in [4.69, 9.17) is 0 Å². The van der Waals surface area contributed by atoms with Crippen LogP contribution < -0.4 is 9.62 Å². The number of anilines is 1. The Bertz CT molecular complexity index is 1690. The molecule has 0 spiro atoms. The van der Waals surface area contributed by atoms with Crippen molar-refractivity contribution in [1.82, 2.24) is 10.2 Å². The van der Waals surface area contributed by atoms with Crippen LogP contribution in [-0.4, -0.2) is 43.8 Å². The number of sulfonamides is 1. The Morgan fingerprint density at radius 3 is 1.98 bits per heavy atom. The highest BCUT2D eigenvalue weighted by Crippen LogP contribution is 2.27. The molecule has 2 amide bonds. The number of benzene rings is 4. The van der Waals surface area contributed by atoms with Crippen molar-refractivity contribution in [1.29, 1.82) is 0 Å². The lowest BCUT2D eigenvalue weighted by Crippen LogP contribution is -2.54. The third-order valence-corrected chi connectivity index (χ3v) is 9.53. The Morgan fingerprint density at radius 2 is 1.38 bits per heavy atom. The van der Waals surface area contributed by atoms with Gasteiger partial charge in [0.2, 0.25) is 11.8 Å². The fourth-order valence-corrected chi connectivity index (χ4v) is 6.31. The zero-order chi connectivity index (χ0) is 32.6. The topological polar surface area (TPSA) is 86.8 Å². The summed E-state index contributed by atoms with van der Waals surface area (Å²) in [4.78, 5) is 29.7. The van der Waals surface area contributed by atoms with E-state index < -0.39 is 34.3 Å². The summed E-state index contributed by atoms with van der Waals surface area (Å²) in [5.41, 5.74) is 3.22. The van der Waals surface area contributed by atoms with E-state index >= 15 is 4.39 Å². The molecule has 1 N–H and O–H groups in total. The molecule has 2 atom stereocenters. The molecule has 0 saturated heterocycles. The van der Waals surface area contributed by atoms with Crippen molar-refractivity contribution >= 4 is 27.5 Å². The van der Waals surface area contributed by atoms with Gasteiger partial charge in [-0.2, -0.15) is 0 Å². The number of nitrogens with zero attached hydrogens (tertiary/aromatic N) is 2. The van der Waals surface area contributed by atoms with Crippen molar-refractivity contribution in [3.05, 3.63) is 131 Å². The van der Waals surface area contributed by atoms with Gasteiger partial charge in [-0.15, -0.1) is 0 Å². The maximum atomic E-state index is 15.2. The van der Waals surface area contributed by atoms with Crippen LogP contribution in [0, 0.1) is 19.7 Å². The van der Waals surface area contributed by atoms with Gasteiger partial charge in [-0.1, -0.05) is 96.9 Å². The number of amides is 2. The van der Waals surface area contributed by atoms with Gasteiger partial charge in [0.15, 0.2) is 0 Å². The fraction of sp³-hybridized carbons (Fsp3) is 0.278. The largest absolute Gasteiger partial charge is 0.352 e. The predicted molar refractivity (Wildman–Crippen MR) is 176 cm³/mol. The highest BCUT2D eigenvalue weighted by atomic mass is 32.2. The van der Waals surface area contributed by atoms with E-state index in [1.54, 1.807) is 12.1 Å². The second-order valence-electron chi connectivity index (χ2n) is 11.3. The van der Waals surface area contributed by atoms with Crippen LogP contribution in [-0.2, 0) is 32.6 Å². The molecule has 0 aliphatic carbocycles. The van der Waals surface area contributed by atoms with Gasteiger partial charge in [-0.05, 0) is 62.6 Å². The van der Waals surface area contributed by atoms with Crippen LogP contribution in [0.2, 0.25) is 0 Å². The van der Waals surface area contributed by atoms with E-state index in [1.165, 1.54) is 35.2 Å². The Balaban J connectivity index is 1.81. The summed E-state index contributed by atoms with van der Waals surface area (Å²) in [5, 5.41) is 3.01. The molecule has 0 saturated carbocycles. The van der Waals surface area contributed by atoms with Crippen LogP contribution in [0.4, 0.5) is 10.1 Å². The molecule has 0 radical (unpaired) electrons. The van der Waals surface area contributed by atoms with Gasteiger partial charge in [-0.25, -0.2) is 12.8 Å². The van der Waals surface area contributed by atoms with E-state index in [1.807, 2.05) is 82.3 Å². The zero-order valence-corrected chi connectivity index (χ0v) is 26.9. The third kappa shape index (κ3) is 8.57. The molecule has 236 valence electrons. The van der Waals surface area contributed by atoms with E-state index in [2.05, 4.69) is 5.32 Å². The molecule has 4 rings (SSSR count). The van der Waals surface area contributed by atoms with Crippen LogP contribution in [0.3, 0.4) is 0 Å². The number of rotatable bonds is 13. The smallest absolute Gasteiger partial charge is 0.264 e.